The van der Waals surface area contributed by atoms with E-state index in [1.165, 1.54) is 11.3 Å². The van der Waals surface area contributed by atoms with Crippen LogP contribution in [0.2, 0.25) is 10.0 Å². The lowest BCUT2D eigenvalue weighted by molar-refractivity contribution is 0.0959. The first kappa shape index (κ1) is 17.7. The molecule has 1 N–H and O–H groups in total. The monoisotopic (exact) mass is 391 g/mol. The standard InChI is InChI=1S/C18H15Cl2N3OS/c1-11-8-13(10-21-22-18(24)17-4-3-7-25-17)12(2)23(11)14-5-6-15(19)16(20)9-14/h3-10H,1-2H3,(H,22,24)/b21-10-. The second-order valence-corrected chi connectivity index (χ2v) is 7.20. The zero-order valence-corrected chi connectivity index (χ0v) is 15.9. The highest BCUT2D eigenvalue weighted by atomic mass is 35.5. The SMILES string of the molecule is Cc1cc(/C=N\NC(=O)c2cccs2)c(C)n1-c1ccc(Cl)c(Cl)c1. The number of aromatic nitrogens is 1. The van der Waals surface area contributed by atoms with Crippen LogP contribution in [-0.2, 0) is 0 Å². The molecule has 1 aromatic carbocycles. The van der Waals surface area contributed by atoms with Crippen LogP contribution in [0.15, 0.2) is 46.9 Å². The van der Waals surface area contributed by atoms with Crippen LogP contribution in [0, 0.1) is 13.8 Å². The van der Waals surface area contributed by atoms with Gasteiger partial charge in [-0.15, -0.1) is 11.3 Å². The topological polar surface area (TPSA) is 46.4 Å². The molecule has 0 spiro atoms. The van der Waals surface area contributed by atoms with Gasteiger partial charge in [0.1, 0.15) is 0 Å². The molecule has 0 unspecified atom stereocenters. The molecular weight excluding hydrogens is 377 g/mol. The van der Waals surface area contributed by atoms with Crippen LogP contribution >= 0.6 is 34.5 Å². The van der Waals surface area contributed by atoms with E-state index in [9.17, 15) is 4.79 Å². The predicted molar refractivity (Wildman–Crippen MR) is 105 cm³/mol. The van der Waals surface area contributed by atoms with Crippen molar-refractivity contribution in [1.82, 2.24) is 9.99 Å². The maximum Gasteiger partial charge on any atom is 0.281 e. The number of halogens is 2. The van der Waals surface area contributed by atoms with Gasteiger partial charge in [0, 0.05) is 22.6 Å². The van der Waals surface area contributed by atoms with Crippen molar-refractivity contribution in [2.45, 2.75) is 13.8 Å². The van der Waals surface area contributed by atoms with Crippen LogP contribution in [-0.4, -0.2) is 16.7 Å². The Morgan fingerprint density at radius 2 is 2.00 bits per heavy atom. The third-order valence-corrected chi connectivity index (χ3v) is 5.35. The van der Waals surface area contributed by atoms with Crippen LogP contribution in [0.3, 0.4) is 0 Å². The van der Waals surface area contributed by atoms with Crippen LogP contribution in [0.25, 0.3) is 5.69 Å². The van der Waals surface area contributed by atoms with Crippen LogP contribution in [0.5, 0.6) is 0 Å². The zero-order valence-electron chi connectivity index (χ0n) is 13.6. The number of carbonyl (C=O) groups is 1. The molecule has 0 atom stereocenters. The molecule has 7 heteroatoms. The fourth-order valence-corrected chi connectivity index (χ4v) is 3.47. The number of nitrogens with zero attached hydrogens (tertiary/aromatic N) is 2. The van der Waals surface area contributed by atoms with Gasteiger partial charge in [-0.05, 0) is 49.6 Å². The Balaban J connectivity index is 1.83. The summed E-state index contributed by atoms with van der Waals surface area (Å²) in [6.45, 7) is 3.98. The molecule has 25 heavy (non-hydrogen) atoms. The smallest absolute Gasteiger partial charge is 0.281 e. The highest BCUT2D eigenvalue weighted by molar-refractivity contribution is 7.12. The number of amides is 1. The first-order valence-electron chi connectivity index (χ1n) is 7.48. The van der Waals surface area contributed by atoms with Crippen molar-refractivity contribution in [2.75, 3.05) is 0 Å². The van der Waals surface area contributed by atoms with Gasteiger partial charge >= 0.3 is 0 Å². The Labute approximate surface area is 159 Å². The lowest BCUT2D eigenvalue weighted by atomic mass is 10.2. The Morgan fingerprint density at radius 1 is 1.20 bits per heavy atom. The minimum Gasteiger partial charge on any atom is -0.318 e. The van der Waals surface area contributed by atoms with E-state index in [4.69, 9.17) is 23.2 Å². The molecule has 0 fully saturated rings. The molecule has 0 radical (unpaired) electrons. The van der Waals surface area contributed by atoms with Crippen LogP contribution < -0.4 is 5.43 Å². The predicted octanol–water partition coefficient (Wildman–Crippen LogP) is 5.23. The van der Waals surface area contributed by atoms with Crippen molar-refractivity contribution in [3.05, 3.63) is 73.7 Å². The van der Waals surface area contributed by atoms with E-state index in [1.807, 2.05) is 43.5 Å². The molecule has 3 aromatic rings. The normalized spacial score (nSPS) is 11.2. The maximum absolute atomic E-state index is 11.9. The Hall–Kier alpha value is -2.08. The van der Waals surface area contributed by atoms with Crippen LogP contribution in [0.4, 0.5) is 0 Å². The summed E-state index contributed by atoms with van der Waals surface area (Å²) in [5.41, 5.74) is 6.39. The second kappa shape index (κ2) is 7.44. The van der Waals surface area contributed by atoms with Crippen molar-refractivity contribution < 1.29 is 4.79 Å². The molecular formula is C18H15Cl2N3OS. The highest BCUT2D eigenvalue weighted by Crippen LogP contribution is 2.27. The maximum atomic E-state index is 11.9. The summed E-state index contributed by atoms with van der Waals surface area (Å²) in [5, 5.41) is 6.93. The first-order chi connectivity index (χ1) is 12.0. The third kappa shape index (κ3) is 3.79. The van der Waals surface area contributed by atoms with Crippen molar-refractivity contribution >= 4 is 46.7 Å². The van der Waals surface area contributed by atoms with E-state index in [0.29, 0.717) is 14.9 Å². The Bertz CT molecular complexity index is 946. The molecule has 0 saturated carbocycles. The fraction of sp³-hybridized carbons (Fsp3) is 0.111. The van der Waals surface area contributed by atoms with Gasteiger partial charge in [0.05, 0.1) is 21.1 Å². The minimum absolute atomic E-state index is 0.218. The van der Waals surface area contributed by atoms with Gasteiger partial charge in [-0.2, -0.15) is 5.10 Å². The van der Waals surface area contributed by atoms with E-state index < -0.39 is 0 Å². The number of rotatable bonds is 4. The number of hydrogen-bond acceptors (Lipinski definition) is 3. The third-order valence-electron chi connectivity index (χ3n) is 3.75. The minimum atomic E-state index is -0.218. The second-order valence-electron chi connectivity index (χ2n) is 5.44. The van der Waals surface area contributed by atoms with E-state index in [2.05, 4.69) is 15.1 Å². The average molecular weight is 392 g/mol. The number of hydrazone groups is 1. The Morgan fingerprint density at radius 3 is 2.68 bits per heavy atom. The molecule has 0 aliphatic rings. The van der Waals surface area contributed by atoms with Crippen molar-refractivity contribution in [3.63, 3.8) is 0 Å². The summed E-state index contributed by atoms with van der Waals surface area (Å²) < 4.78 is 2.06. The van der Waals surface area contributed by atoms with Gasteiger partial charge in [0.2, 0.25) is 0 Å². The molecule has 0 aliphatic heterocycles. The largest absolute Gasteiger partial charge is 0.318 e. The van der Waals surface area contributed by atoms with E-state index in [1.54, 1.807) is 18.3 Å². The number of hydrogen-bond donors (Lipinski definition) is 1. The van der Waals surface area contributed by atoms with E-state index >= 15 is 0 Å². The van der Waals surface area contributed by atoms with Crippen molar-refractivity contribution in [1.29, 1.82) is 0 Å². The van der Waals surface area contributed by atoms with Crippen LogP contribution in [0.1, 0.15) is 26.6 Å². The molecule has 0 aliphatic carbocycles. The van der Waals surface area contributed by atoms with Gasteiger partial charge in [0.15, 0.2) is 0 Å². The molecule has 0 saturated heterocycles. The summed E-state index contributed by atoms with van der Waals surface area (Å²) in [7, 11) is 0. The lowest BCUT2D eigenvalue weighted by Gasteiger charge is -2.10. The van der Waals surface area contributed by atoms with Gasteiger partial charge in [0.25, 0.3) is 5.91 Å². The molecule has 128 valence electrons. The number of nitrogens with one attached hydrogen (secondary N) is 1. The summed E-state index contributed by atoms with van der Waals surface area (Å²) in [4.78, 5) is 12.5. The zero-order chi connectivity index (χ0) is 18.0. The molecule has 0 bridgehead atoms. The molecule has 3 rings (SSSR count). The Kier molecular flexibility index (Phi) is 5.27. The summed E-state index contributed by atoms with van der Waals surface area (Å²) in [5.74, 6) is -0.218. The van der Waals surface area contributed by atoms with E-state index in [0.717, 1.165) is 22.6 Å². The number of thiophene rings is 1. The average Bonchev–Trinajstić information content (AvgIpc) is 3.20. The number of carbonyl (C=O) groups excluding carboxylic acids is 1. The molecule has 4 nitrogen and oxygen atoms in total. The van der Waals surface area contributed by atoms with Crippen molar-refractivity contribution in [3.8, 4) is 5.69 Å². The quantitative estimate of drug-likeness (QED) is 0.480. The van der Waals surface area contributed by atoms with Gasteiger partial charge in [-0.3, -0.25) is 4.79 Å². The van der Waals surface area contributed by atoms with Gasteiger partial charge in [-0.1, -0.05) is 29.3 Å². The van der Waals surface area contributed by atoms with Crippen molar-refractivity contribution in [2.24, 2.45) is 5.10 Å². The van der Waals surface area contributed by atoms with E-state index in [-0.39, 0.29) is 5.91 Å². The summed E-state index contributed by atoms with van der Waals surface area (Å²) >= 11 is 13.5. The summed E-state index contributed by atoms with van der Waals surface area (Å²) in [6, 6.07) is 11.1. The number of benzene rings is 1. The lowest BCUT2D eigenvalue weighted by Crippen LogP contribution is -2.16. The number of aryl methyl sites for hydroxylation is 1. The fourth-order valence-electron chi connectivity index (χ4n) is 2.56. The molecule has 2 heterocycles. The summed E-state index contributed by atoms with van der Waals surface area (Å²) in [6.07, 6.45) is 1.64. The molecule has 1 amide bonds. The van der Waals surface area contributed by atoms with Gasteiger partial charge < -0.3 is 4.57 Å². The first-order valence-corrected chi connectivity index (χ1v) is 9.12. The molecule has 2 aromatic heterocycles. The van der Waals surface area contributed by atoms with Gasteiger partial charge in [-0.25, -0.2) is 5.43 Å². The highest BCUT2D eigenvalue weighted by Gasteiger charge is 2.11.